The summed E-state index contributed by atoms with van der Waals surface area (Å²) in [7, 11) is -3.41. The number of sulfonamides is 1. The van der Waals surface area contributed by atoms with Crippen LogP contribution in [-0.4, -0.2) is 15.0 Å². The molecule has 0 spiro atoms. The lowest BCUT2D eigenvalue weighted by Gasteiger charge is -2.11. The molecule has 0 saturated heterocycles. The van der Waals surface area contributed by atoms with Crippen molar-refractivity contribution in [2.24, 2.45) is 11.8 Å². The third-order valence-electron chi connectivity index (χ3n) is 2.65. The normalized spacial score (nSPS) is 13.4. The number of rotatable bonds is 6. The van der Waals surface area contributed by atoms with Crippen molar-refractivity contribution in [1.29, 1.82) is 0 Å². The highest BCUT2D eigenvalue weighted by Gasteiger charge is 2.14. The van der Waals surface area contributed by atoms with Crippen LogP contribution in [0.4, 0.5) is 5.69 Å². The molecular formula is C11H19N3O2S. The summed E-state index contributed by atoms with van der Waals surface area (Å²) in [4.78, 5) is 0.250. The fraction of sp³-hybridized carbons (Fsp3) is 0.455. The van der Waals surface area contributed by atoms with Gasteiger partial charge in [0.15, 0.2) is 0 Å². The van der Waals surface area contributed by atoms with Gasteiger partial charge in [0.25, 0.3) is 0 Å². The van der Waals surface area contributed by atoms with Crippen LogP contribution in [0.25, 0.3) is 0 Å². The molecule has 0 fully saturated rings. The molecule has 1 unspecified atom stereocenters. The molecule has 96 valence electrons. The lowest BCUT2D eigenvalue weighted by atomic mass is 10.1. The minimum atomic E-state index is -3.41. The zero-order valence-electron chi connectivity index (χ0n) is 10.1. The summed E-state index contributed by atoms with van der Waals surface area (Å²) in [5, 5.41) is 0. The van der Waals surface area contributed by atoms with E-state index in [1.807, 2.05) is 13.8 Å². The van der Waals surface area contributed by atoms with Crippen molar-refractivity contribution in [2.75, 3.05) is 12.0 Å². The SMILES string of the molecule is CCC(C)CNS(=O)(=O)c1ccc(NN)cc1. The Balaban J connectivity index is 2.75. The second-order valence-electron chi connectivity index (χ2n) is 4.03. The van der Waals surface area contributed by atoms with Gasteiger partial charge in [0.1, 0.15) is 0 Å². The second kappa shape index (κ2) is 6.00. The minimum absolute atomic E-state index is 0.250. The third-order valence-corrected chi connectivity index (χ3v) is 4.09. The van der Waals surface area contributed by atoms with Gasteiger partial charge < -0.3 is 5.43 Å². The Morgan fingerprint density at radius 3 is 2.35 bits per heavy atom. The maximum absolute atomic E-state index is 11.9. The highest BCUT2D eigenvalue weighted by molar-refractivity contribution is 7.89. The van der Waals surface area contributed by atoms with Crippen molar-refractivity contribution in [3.05, 3.63) is 24.3 Å². The molecule has 0 saturated carbocycles. The van der Waals surface area contributed by atoms with Crippen LogP contribution in [0.15, 0.2) is 29.2 Å². The highest BCUT2D eigenvalue weighted by atomic mass is 32.2. The number of hydrogen-bond donors (Lipinski definition) is 3. The van der Waals surface area contributed by atoms with Gasteiger partial charge in [-0.2, -0.15) is 0 Å². The number of hydrazine groups is 1. The number of hydrogen-bond acceptors (Lipinski definition) is 4. The second-order valence-corrected chi connectivity index (χ2v) is 5.80. The summed E-state index contributed by atoms with van der Waals surface area (Å²) in [5.41, 5.74) is 3.12. The molecule has 17 heavy (non-hydrogen) atoms. The fourth-order valence-corrected chi connectivity index (χ4v) is 2.37. The standard InChI is InChI=1S/C11H19N3O2S/c1-3-9(2)8-13-17(15,16)11-6-4-10(14-12)5-7-11/h4-7,9,13-14H,3,8,12H2,1-2H3. The van der Waals surface area contributed by atoms with Crippen molar-refractivity contribution >= 4 is 15.7 Å². The molecular weight excluding hydrogens is 238 g/mol. The average molecular weight is 257 g/mol. The van der Waals surface area contributed by atoms with Crippen LogP contribution >= 0.6 is 0 Å². The predicted octanol–water partition coefficient (Wildman–Crippen LogP) is 1.30. The van der Waals surface area contributed by atoms with Gasteiger partial charge >= 0.3 is 0 Å². The smallest absolute Gasteiger partial charge is 0.240 e. The molecule has 0 heterocycles. The summed E-state index contributed by atoms with van der Waals surface area (Å²) in [6.45, 7) is 4.49. The van der Waals surface area contributed by atoms with Gasteiger partial charge in [0.05, 0.1) is 4.90 Å². The predicted molar refractivity (Wildman–Crippen MR) is 68.9 cm³/mol. The molecule has 1 atom stereocenters. The molecule has 0 aromatic heterocycles. The number of anilines is 1. The van der Waals surface area contributed by atoms with E-state index >= 15 is 0 Å². The third kappa shape index (κ3) is 3.99. The van der Waals surface area contributed by atoms with Crippen molar-refractivity contribution in [3.8, 4) is 0 Å². The highest BCUT2D eigenvalue weighted by Crippen LogP contribution is 2.13. The molecule has 4 N–H and O–H groups in total. The Kier molecular flexibility index (Phi) is 4.92. The molecule has 0 aliphatic rings. The molecule has 0 radical (unpaired) electrons. The number of nitrogens with two attached hydrogens (primary N) is 1. The van der Waals surface area contributed by atoms with E-state index in [-0.39, 0.29) is 4.90 Å². The zero-order chi connectivity index (χ0) is 12.9. The summed E-state index contributed by atoms with van der Waals surface area (Å²) in [6, 6.07) is 6.29. The quantitative estimate of drug-likeness (QED) is 0.530. The van der Waals surface area contributed by atoms with Gasteiger partial charge in [-0.15, -0.1) is 0 Å². The van der Waals surface area contributed by atoms with Gasteiger partial charge in [0, 0.05) is 12.2 Å². The summed E-state index contributed by atoms with van der Waals surface area (Å²) in [6.07, 6.45) is 0.943. The zero-order valence-corrected chi connectivity index (χ0v) is 10.9. The van der Waals surface area contributed by atoms with Crippen LogP contribution in [-0.2, 0) is 10.0 Å². The van der Waals surface area contributed by atoms with Crippen LogP contribution in [0, 0.1) is 5.92 Å². The van der Waals surface area contributed by atoms with E-state index in [9.17, 15) is 8.42 Å². The number of benzene rings is 1. The summed E-state index contributed by atoms with van der Waals surface area (Å²) in [5.74, 6) is 5.54. The fourth-order valence-electron chi connectivity index (χ4n) is 1.21. The lowest BCUT2D eigenvalue weighted by Crippen LogP contribution is -2.28. The van der Waals surface area contributed by atoms with Crippen molar-refractivity contribution in [2.45, 2.75) is 25.2 Å². The van der Waals surface area contributed by atoms with Crippen LogP contribution in [0.1, 0.15) is 20.3 Å². The maximum Gasteiger partial charge on any atom is 0.240 e. The van der Waals surface area contributed by atoms with E-state index in [0.29, 0.717) is 18.2 Å². The summed E-state index contributed by atoms with van der Waals surface area (Å²) < 4.78 is 26.4. The molecule has 0 aliphatic heterocycles. The van der Waals surface area contributed by atoms with Crippen molar-refractivity contribution in [1.82, 2.24) is 4.72 Å². The molecule has 6 heteroatoms. The van der Waals surface area contributed by atoms with E-state index in [4.69, 9.17) is 5.84 Å². The largest absolute Gasteiger partial charge is 0.324 e. The van der Waals surface area contributed by atoms with Crippen LogP contribution in [0.2, 0.25) is 0 Å². The maximum atomic E-state index is 11.9. The monoisotopic (exact) mass is 257 g/mol. The first kappa shape index (κ1) is 14.0. The lowest BCUT2D eigenvalue weighted by molar-refractivity contribution is 0.528. The van der Waals surface area contributed by atoms with Gasteiger partial charge in [-0.25, -0.2) is 13.1 Å². The molecule has 1 rings (SSSR count). The first-order valence-electron chi connectivity index (χ1n) is 5.56. The van der Waals surface area contributed by atoms with E-state index in [1.165, 1.54) is 12.1 Å². The van der Waals surface area contributed by atoms with Gasteiger partial charge in [0.2, 0.25) is 10.0 Å². The Morgan fingerprint density at radius 2 is 1.88 bits per heavy atom. The Hall–Kier alpha value is -1.11. The molecule has 1 aromatic carbocycles. The molecule has 5 nitrogen and oxygen atoms in total. The summed E-state index contributed by atoms with van der Waals surface area (Å²) >= 11 is 0. The first-order chi connectivity index (χ1) is 7.99. The number of nitrogen functional groups attached to an aromatic ring is 1. The number of nitrogens with one attached hydrogen (secondary N) is 2. The molecule has 0 amide bonds. The molecule has 0 bridgehead atoms. The van der Waals surface area contributed by atoms with Crippen LogP contribution in [0.3, 0.4) is 0 Å². The van der Waals surface area contributed by atoms with Crippen molar-refractivity contribution in [3.63, 3.8) is 0 Å². The van der Waals surface area contributed by atoms with E-state index in [2.05, 4.69) is 10.1 Å². The Morgan fingerprint density at radius 1 is 1.29 bits per heavy atom. The van der Waals surface area contributed by atoms with Gasteiger partial charge in [-0.05, 0) is 30.2 Å². The van der Waals surface area contributed by atoms with Gasteiger partial charge in [-0.1, -0.05) is 20.3 Å². The molecule has 1 aromatic rings. The van der Waals surface area contributed by atoms with E-state index in [0.717, 1.165) is 6.42 Å². The average Bonchev–Trinajstić information content (AvgIpc) is 2.36. The molecule has 0 aliphatic carbocycles. The van der Waals surface area contributed by atoms with Gasteiger partial charge in [-0.3, -0.25) is 5.84 Å². The first-order valence-corrected chi connectivity index (χ1v) is 7.04. The Bertz CT molecular complexity index is 442. The van der Waals surface area contributed by atoms with Crippen molar-refractivity contribution < 1.29 is 8.42 Å². The topological polar surface area (TPSA) is 84.2 Å². The van der Waals surface area contributed by atoms with E-state index < -0.39 is 10.0 Å². The minimum Gasteiger partial charge on any atom is -0.324 e. The van der Waals surface area contributed by atoms with E-state index in [1.54, 1.807) is 12.1 Å². The van der Waals surface area contributed by atoms with Crippen LogP contribution < -0.4 is 16.0 Å². The van der Waals surface area contributed by atoms with Crippen LogP contribution in [0.5, 0.6) is 0 Å². The Labute approximate surface area is 102 Å².